The van der Waals surface area contributed by atoms with Gasteiger partial charge in [-0.3, -0.25) is 14.3 Å². The number of aromatic nitrogens is 2. The molecule has 2 N–H and O–H groups in total. The van der Waals surface area contributed by atoms with E-state index in [1.54, 1.807) is 17.1 Å². The molecule has 3 rings (SSSR count). The molecular formula is C21H22N4O2S. The van der Waals surface area contributed by atoms with Gasteiger partial charge in [-0.2, -0.15) is 5.10 Å². The number of nitrogens with one attached hydrogen (secondary N) is 2. The van der Waals surface area contributed by atoms with Gasteiger partial charge in [-0.05, 0) is 30.2 Å². The zero-order valence-corrected chi connectivity index (χ0v) is 16.4. The molecule has 2 aromatic carbocycles. The van der Waals surface area contributed by atoms with Gasteiger partial charge in [-0.25, -0.2) is 0 Å². The minimum absolute atomic E-state index is 0.126. The molecule has 6 nitrogen and oxygen atoms in total. The summed E-state index contributed by atoms with van der Waals surface area (Å²) in [5.74, 6) is 0.131. The summed E-state index contributed by atoms with van der Waals surface area (Å²) < 4.78 is 1.77. The lowest BCUT2D eigenvalue weighted by Gasteiger charge is -2.06. The molecule has 0 spiro atoms. The predicted octanol–water partition coefficient (Wildman–Crippen LogP) is 3.55. The SMILES string of the molecule is Cc1cccc(NC(=O)CSCC(=O)Nc2cnn(Cc3ccccc3)c2)c1. The number of nitrogens with zero attached hydrogens (tertiary/aromatic N) is 2. The second kappa shape index (κ2) is 9.75. The largest absolute Gasteiger partial charge is 0.325 e. The zero-order chi connectivity index (χ0) is 19.8. The van der Waals surface area contributed by atoms with E-state index in [0.717, 1.165) is 16.8 Å². The number of amides is 2. The fourth-order valence-corrected chi connectivity index (χ4v) is 3.26. The van der Waals surface area contributed by atoms with Gasteiger partial charge in [0.25, 0.3) is 0 Å². The van der Waals surface area contributed by atoms with Crippen LogP contribution in [0.2, 0.25) is 0 Å². The Kier molecular flexibility index (Phi) is 6.86. The molecule has 0 aliphatic carbocycles. The highest BCUT2D eigenvalue weighted by molar-refractivity contribution is 8.00. The number of carbonyl (C=O) groups excluding carboxylic acids is 2. The monoisotopic (exact) mass is 394 g/mol. The number of thioether (sulfide) groups is 1. The van der Waals surface area contributed by atoms with Crippen molar-refractivity contribution in [1.82, 2.24) is 9.78 Å². The molecule has 0 unspecified atom stereocenters. The van der Waals surface area contributed by atoms with Crippen molar-refractivity contribution in [2.45, 2.75) is 13.5 Å². The van der Waals surface area contributed by atoms with Gasteiger partial charge in [0.15, 0.2) is 0 Å². The van der Waals surface area contributed by atoms with E-state index in [4.69, 9.17) is 0 Å². The summed E-state index contributed by atoms with van der Waals surface area (Å²) in [6.45, 7) is 2.61. The molecule has 3 aromatic rings. The average Bonchev–Trinajstić information content (AvgIpc) is 3.09. The molecule has 28 heavy (non-hydrogen) atoms. The summed E-state index contributed by atoms with van der Waals surface area (Å²) >= 11 is 1.27. The van der Waals surface area contributed by atoms with Gasteiger partial charge in [-0.15, -0.1) is 11.8 Å². The second-order valence-corrected chi connectivity index (χ2v) is 7.36. The molecule has 0 saturated heterocycles. The van der Waals surface area contributed by atoms with Crippen molar-refractivity contribution in [3.05, 3.63) is 78.1 Å². The van der Waals surface area contributed by atoms with Crippen LogP contribution in [-0.2, 0) is 16.1 Å². The zero-order valence-electron chi connectivity index (χ0n) is 15.6. The van der Waals surface area contributed by atoms with Gasteiger partial charge in [0.1, 0.15) is 0 Å². The van der Waals surface area contributed by atoms with Crippen LogP contribution < -0.4 is 10.6 Å². The van der Waals surface area contributed by atoms with Crippen molar-refractivity contribution in [2.24, 2.45) is 0 Å². The molecular weight excluding hydrogens is 372 g/mol. The first-order valence-corrected chi connectivity index (χ1v) is 10.0. The lowest BCUT2D eigenvalue weighted by atomic mass is 10.2. The molecule has 0 atom stereocenters. The summed E-state index contributed by atoms with van der Waals surface area (Å²) in [6.07, 6.45) is 3.41. The fraction of sp³-hybridized carbons (Fsp3) is 0.190. The standard InChI is InChI=1S/C21H22N4O2S/c1-16-6-5-9-18(10-16)23-20(26)14-28-15-21(27)24-19-11-22-25(13-19)12-17-7-3-2-4-8-17/h2-11,13H,12,14-15H2,1H3,(H,23,26)(H,24,27). The van der Waals surface area contributed by atoms with E-state index in [-0.39, 0.29) is 23.3 Å². The normalized spacial score (nSPS) is 10.5. The Labute approximate surface area is 168 Å². The van der Waals surface area contributed by atoms with E-state index in [1.165, 1.54) is 11.8 Å². The highest BCUT2D eigenvalue weighted by Crippen LogP contribution is 2.12. The molecule has 7 heteroatoms. The van der Waals surface area contributed by atoms with Crippen LogP contribution in [0.3, 0.4) is 0 Å². The number of hydrogen-bond donors (Lipinski definition) is 2. The molecule has 1 heterocycles. The molecule has 1 aromatic heterocycles. The third-order valence-electron chi connectivity index (χ3n) is 3.87. The first-order valence-electron chi connectivity index (χ1n) is 8.89. The Balaban J connectivity index is 1.39. The van der Waals surface area contributed by atoms with Gasteiger partial charge in [0, 0.05) is 11.9 Å². The molecule has 2 amide bonds. The Morgan fingerprint density at radius 2 is 1.68 bits per heavy atom. The molecule has 0 radical (unpaired) electrons. The quantitative estimate of drug-likeness (QED) is 0.613. The van der Waals surface area contributed by atoms with Gasteiger partial charge < -0.3 is 10.6 Å². The topological polar surface area (TPSA) is 76.0 Å². The number of rotatable bonds is 8. The highest BCUT2D eigenvalue weighted by atomic mass is 32.2. The Bertz CT molecular complexity index is 940. The number of carbonyl (C=O) groups is 2. The maximum Gasteiger partial charge on any atom is 0.234 e. The van der Waals surface area contributed by atoms with E-state index >= 15 is 0 Å². The third kappa shape index (κ3) is 6.28. The lowest BCUT2D eigenvalue weighted by Crippen LogP contribution is -2.18. The van der Waals surface area contributed by atoms with Gasteiger partial charge in [0.05, 0.1) is 29.9 Å². The summed E-state index contributed by atoms with van der Waals surface area (Å²) in [5.41, 5.74) is 3.63. The predicted molar refractivity (Wildman–Crippen MR) is 114 cm³/mol. The first-order chi connectivity index (χ1) is 13.6. The summed E-state index contributed by atoms with van der Waals surface area (Å²) in [5, 5.41) is 9.89. The van der Waals surface area contributed by atoms with Crippen LogP contribution in [0.5, 0.6) is 0 Å². The first kappa shape index (κ1) is 19.7. The van der Waals surface area contributed by atoms with Crippen LogP contribution in [0, 0.1) is 6.92 Å². The van der Waals surface area contributed by atoms with Crippen molar-refractivity contribution in [1.29, 1.82) is 0 Å². The molecule has 144 valence electrons. The second-order valence-electron chi connectivity index (χ2n) is 6.37. The van der Waals surface area contributed by atoms with Crippen molar-refractivity contribution in [2.75, 3.05) is 22.1 Å². The van der Waals surface area contributed by atoms with Gasteiger partial charge >= 0.3 is 0 Å². The highest BCUT2D eigenvalue weighted by Gasteiger charge is 2.08. The van der Waals surface area contributed by atoms with E-state index < -0.39 is 0 Å². The number of hydrogen-bond acceptors (Lipinski definition) is 4. The minimum atomic E-state index is -0.160. The van der Waals surface area contributed by atoms with E-state index in [9.17, 15) is 9.59 Å². The van der Waals surface area contributed by atoms with E-state index in [2.05, 4.69) is 15.7 Å². The summed E-state index contributed by atoms with van der Waals surface area (Å²) in [6, 6.07) is 17.6. The van der Waals surface area contributed by atoms with E-state index in [0.29, 0.717) is 12.2 Å². The van der Waals surface area contributed by atoms with E-state index in [1.807, 2.05) is 61.5 Å². The smallest absolute Gasteiger partial charge is 0.234 e. The molecule has 0 fully saturated rings. The van der Waals surface area contributed by atoms with Crippen molar-refractivity contribution >= 4 is 35.0 Å². The van der Waals surface area contributed by atoms with Crippen LogP contribution >= 0.6 is 11.8 Å². The molecule has 0 bridgehead atoms. The van der Waals surface area contributed by atoms with Crippen LogP contribution in [0.25, 0.3) is 0 Å². The minimum Gasteiger partial charge on any atom is -0.325 e. The Hall–Kier alpha value is -3.06. The molecule has 0 aliphatic heterocycles. The van der Waals surface area contributed by atoms with Crippen LogP contribution in [0.1, 0.15) is 11.1 Å². The lowest BCUT2D eigenvalue weighted by molar-refractivity contribution is -0.114. The van der Waals surface area contributed by atoms with Crippen molar-refractivity contribution < 1.29 is 9.59 Å². The van der Waals surface area contributed by atoms with Crippen LogP contribution in [0.15, 0.2) is 67.0 Å². The van der Waals surface area contributed by atoms with Crippen molar-refractivity contribution in [3.8, 4) is 0 Å². The summed E-state index contributed by atoms with van der Waals surface area (Å²) in [4.78, 5) is 24.0. The third-order valence-corrected chi connectivity index (χ3v) is 4.81. The number of benzene rings is 2. The van der Waals surface area contributed by atoms with Crippen LogP contribution in [0.4, 0.5) is 11.4 Å². The summed E-state index contributed by atoms with van der Waals surface area (Å²) in [7, 11) is 0. The van der Waals surface area contributed by atoms with Gasteiger partial charge in [0.2, 0.25) is 11.8 Å². The van der Waals surface area contributed by atoms with Gasteiger partial charge in [-0.1, -0.05) is 42.5 Å². The fourth-order valence-electron chi connectivity index (χ4n) is 2.64. The maximum atomic E-state index is 12.1. The number of anilines is 2. The van der Waals surface area contributed by atoms with Crippen molar-refractivity contribution in [3.63, 3.8) is 0 Å². The molecule has 0 saturated carbocycles. The Morgan fingerprint density at radius 1 is 0.964 bits per heavy atom. The maximum absolute atomic E-state index is 12.1. The average molecular weight is 395 g/mol. The Morgan fingerprint density at radius 3 is 2.39 bits per heavy atom. The van der Waals surface area contributed by atoms with Crippen LogP contribution in [-0.4, -0.2) is 33.1 Å². The molecule has 0 aliphatic rings. The number of aryl methyl sites for hydroxylation is 1.